The Labute approximate surface area is 271 Å². The summed E-state index contributed by atoms with van der Waals surface area (Å²) in [6, 6.07) is 10.2. The molecule has 0 aromatic heterocycles. The largest absolute Gasteiger partial charge is 0.481 e. The first-order chi connectivity index (χ1) is 21.3. The summed E-state index contributed by atoms with van der Waals surface area (Å²) in [6.45, 7) is 3.09. The zero-order chi connectivity index (χ0) is 33.1. The molecule has 2 aromatic rings. The van der Waals surface area contributed by atoms with Crippen LogP contribution in [0.1, 0.15) is 45.1 Å². The quantitative estimate of drug-likeness (QED) is 0.146. The summed E-state index contributed by atoms with van der Waals surface area (Å²) in [4.78, 5) is 86.9. The van der Waals surface area contributed by atoms with Crippen molar-refractivity contribution in [3.8, 4) is 0 Å². The summed E-state index contributed by atoms with van der Waals surface area (Å²) in [7, 11) is 0. The van der Waals surface area contributed by atoms with Crippen LogP contribution >= 0.6 is 12.4 Å². The maximum absolute atomic E-state index is 13.5. The highest BCUT2D eigenvalue weighted by atomic mass is 35.5. The van der Waals surface area contributed by atoms with Gasteiger partial charge in [0.2, 0.25) is 29.5 Å². The lowest BCUT2D eigenvalue weighted by molar-refractivity contribution is -0.384. The number of halogens is 1. The van der Waals surface area contributed by atoms with E-state index in [1.807, 2.05) is 6.07 Å². The zero-order valence-corrected chi connectivity index (χ0v) is 26.1. The lowest BCUT2D eigenvalue weighted by atomic mass is 10.0. The van der Waals surface area contributed by atoms with Gasteiger partial charge in [-0.25, -0.2) is 0 Å². The van der Waals surface area contributed by atoms with Crippen LogP contribution in [0.15, 0.2) is 54.6 Å². The number of non-ortho nitro benzene ring substituents is 1. The maximum atomic E-state index is 13.5. The van der Waals surface area contributed by atoms with E-state index >= 15 is 0 Å². The van der Waals surface area contributed by atoms with Crippen LogP contribution in [0.25, 0.3) is 0 Å². The van der Waals surface area contributed by atoms with Crippen molar-refractivity contribution in [3.63, 3.8) is 0 Å². The fraction of sp³-hybridized carbons (Fsp3) is 0.400. The van der Waals surface area contributed by atoms with E-state index in [9.17, 15) is 38.9 Å². The number of rotatable bonds is 14. The maximum Gasteiger partial charge on any atom is 0.303 e. The van der Waals surface area contributed by atoms with Gasteiger partial charge in [-0.1, -0.05) is 30.3 Å². The number of aliphatic carboxylic acids is 1. The van der Waals surface area contributed by atoms with E-state index in [0.717, 1.165) is 5.56 Å². The number of nitrogens with one attached hydrogen (secondary N) is 4. The lowest BCUT2D eigenvalue weighted by Gasteiger charge is -2.29. The molecule has 5 amide bonds. The van der Waals surface area contributed by atoms with Crippen LogP contribution < -0.4 is 21.3 Å². The Hall–Kier alpha value is -5.05. The Kier molecular flexibility index (Phi) is 14.1. The minimum absolute atomic E-state index is 0. The van der Waals surface area contributed by atoms with Gasteiger partial charge in [-0.15, -0.1) is 12.4 Å². The third kappa shape index (κ3) is 10.8. The third-order valence-electron chi connectivity index (χ3n) is 7.17. The number of carboxylic acids is 1. The molecule has 4 atom stereocenters. The molecule has 46 heavy (non-hydrogen) atoms. The molecule has 5 N–H and O–H groups in total. The van der Waals surface area contributed by atoms with Gasteiger partial charge in [-0.3, -0.25) is 38.9 Å². The van der Waals surface area contributed by atoms with Crippen LogP contribution in [0.4, 0.5) is 11.4 Å². The van der Waals surface area contributed by atoms with Crippen molar-refractivity contribution in [2.24, 2.45) is 0 Å². The van der Waals surface area contributed by atoms with Crippen LogP contribution in [0.2, 0.25) is 0 Å². The molecule has 0 saturated carbocycles. The molecule has 15 nitrogen and oxygen atoms in total. The number of carboxylic acid groups (broad SMARTS) is 1. The smallest absolute Gasteiger partial charge is 0.303 e. The minimum atomic E-state index is -1.15. The number of benzene rings is 2. The average Bonchev–Trinajstić information content (AvgIpc) is 3.50. The van der Waals surface area contributed by atoms with Gasteiger partial charge < -0.3 is 31.3 Å². The number of hydrogen-bond donors (Lipinski definition) is 5. The van der Waals surface area contributed by atoms with Gasteiger partial charge >= 0.3 is 5.97 Å². The summed E-state index contributed by atoms with van der Waals surface area (Å²) in [5.41, 5.74) is 0.919. The van der Waals surface area contributed by atoms with Gasteiger partial charge in [0.05, 0.1) is 11.3 Å². The molecular formula is C30H37ClN6O9. The molecule has 0 aliphatic carbocycles. The van der Waals surface area contributed by atoms with Gasteiger partial charge in [-0.05, 0) is 44.4 Å². The Bertz CT molecular complexity index is 1420. The highest BCUT2D eigenvalue weighted by Crippen LogP contribution is 2.20. The summed E-state index contributed by atoms with van der Waals surface area (Å²) >= 11 is 0. The van der Waals surface area contributed by atoms with Gasteiger partial charge in [-0.2, -0.15) is 0 Å². The Morgan fingerprint density at radius 1 is 0.913 bits per heavy atom. The average molecular weight is 661 g/mol. The van der Waals surface area contributed by atoms with Crippen molar-refractivity contribution in [3.05, 3.63) is 70.3 Å². The number of anilines is 1. The van der Waals surface area contributed by atoms with Crippen LogP contribution in [0.5, 0.6) is 0 Å². The normalized spacial score (nSPS) is 15.7. The number of nitro benzene ring substituents is 1. The molecular weight excluding hydrogens is 624 g/mol. The van der Waals surface area contributed by atoms with E-state index < -0.39 is 71.0 Å². The van der Waals surface area contributed by atoms with Gasteiger partial charge in [0.1, 0.15) is 24.2 Å². The first-order valence-electron chi connectivity index (χ1n) is 14.4. The van der Waals surface area contributed by atoms with Crippen molar-refractivity contribution in [2.75, 3.05) is 11.9 Å². The third-order valence-corrected chi connectivity index (χ3v) is 7.17. The minimum Gasteiger partial charge on any atom is -0.481 e. The van der Waals surface area contributed by atoms with E-state index in [4.69, 9.17) is 5.11 Å². The van der Waals surface area contributed by atoms with Crippen LogP contribution in [0, 0.1) is 10.1 Å². The molecule has 1 saturated heterocycles. The second-order valence-corrected chi connectivity index (χ2v) is 10.6. The zero-order valence-electron chi connectivity index (χ0n) is 25.3. The van der Waals surface area contributed by atoms with E-state index in [1.165, 1.54) is 43.0 Å². The summed E-state index contributed by atoms with van der Waals surface area (Å²) in [5.74, 6) is -4.08. The molecule has 1 heterocycles. The van der Waals surface area contributed by atoms with Crippen LogP contribution in [0.3, 0.4) is 0 Å². The summed E-state index contributed by atoms with van der Waals surface area (Å²) in [6.07, 6.45) is 0.283. The monoisotopic (exact) mass is 660 g/mol. The molecule has 248 valence electrons. The van der Waals surface area contributed by atoms with Crippen LogP contribution in [-0.2, 0) is 35.2 Å². The first kappa shape index (κ1) is 37.1. The highest BCUT2D eigenvalue weighted by Gasteiger charge is 2.38. The molecule has 1 fully saturated rings. The fourth-order valence-electron chi connectivity index (χ4n) is 4.77. The lowest BCUT2D eigenvalue weighted by Crippen LogP contribution is -2.56. The van der Waals surface area contributed by atoms with E-state index in [0.29, 0.717) is 18.5 Å². The summed E-state index contributed by atoms with van der Waals surface area (Å²) in [5, 5.41) is 30.0. The molecule has 0 bridgehead atoms. The second kappa shape index (κ2) is 17.4. The topological polar surface area (TPSA) is 217 Å². The van der Waals surface area contributed by atoms with Gasteiger partial charge in [0, 0.05) is 37.2 Å². The molecule has 1 aliphatic rings. The standard InChI is InChI=1S/C30H36N6O9.ClH/c1-18(31-25(37)14-15-26(38)39)27(40)32-19(2)30(43)35-16-6-9-24(35)29(42)34-23(17-20-7-4-3-5-8-20)28(41)33-21-10-12-22(13-11-21)36(44)45;/h3-5,7-8,10-13,18-19,23-24H,6,9,14-17H2,1-2H3,(H,31,37)(H,32,40)(H,33,41)(H,34,42)(H,38,39);1H/t18-,19-,23-,24-;/m0./s1. The number of carbonyl (C=O) groups is 6. The predicted molar refractivity (Wildman–Crippen MR) is 168 cm³/mol. The van der Waals surface area contributed by atoms with Crippen molar-refractivity contribution in [2.45, 2.75) is 70.1 Å². The Morgan fingerprint density at radius 2 is 1.57 bits per heavy atom. The first-order valence-corrected chi connectivity index (χ1v) is 14.4. The van der Waals surface area contributed by atoms with Crippen LogP contribution in [-0.4, -0.2) is 81.1 Å². The number of hydrogen-bond acceptors (Lipinski definition) is 8. The van der Waals surface area contributed by atoms with Crippen molar-refractivity contribution in [1.82, 2.24) is 20.9 Å². The van der Waals surface area contributed by atoms with E-state index in [-0.39, 0.29) is 37.5 Å². The fourth-order valence-corrected chi connectivity index (χ4v) is 4.77. The molecule has 2 aromatic carbocycles. The van der Waals surface area contributed by atoms with Crippen molar-refractivity contribution in [1.29, 1.82) is 0 Å². The van der Waals surface area contributed by atoms with Crippen molar-refractivity contribution >= 4 is 59.3 Å². The Morgan fingerprint density at radius 3 is 2.17 bits per heavy atom. The number of likely N-dealkylation sites (tertiary alicyclic amines) is 1. The highest BCUT2D eigenvalue weighted by molar-refractivity contribution is 5.99. The molecule has 0 radical (unpaired) electrons. The SMILES string of the molecule is C[C@H](NC(=O)CCC(=O)O)C(=O)N[C@@H](C)C(=O)N1CCC[C@H]1C(=O)N[C@@H](Cc1ccccc1)C(=O)Nc1ccc([N+](=O)[O-])cc1.Cl. The molecule has 16 heteroatoms. The van der Waals surface area contributed by atoms with Crippen molar-refractivity contribution < 1.29 is 38.8 Å². The number of nitrogens with zero attached hydrogens (tertiary/aromatic N) is 2. The summed E-state index contributed by atoms with van der Waals surface area (Å²) < 4.78 is 0. The molecule has 1 aliphatic heterocycles. The second-order valence-electron chi connectivity index (χ2n) is 10.6. The Balaban J connectivity index is 0.00000736. The van der Waals surface area contributed by atoms with E-state index in [1.54, 1.807) is 24.3 Å². The van der Waals surface area contributed by atoms with Gasteiger partial charge in [0.25, 0.3) is 5.69 Å². The van der Waals surface area contributed by atoms with Gasteiger partial charge in [0.15, 0.2) is 0 Å². The molecule has 0 spiro atoms. The number of amides is 5. The molecule has 0 unspecified atom stereocenters. The number of nitro groups is 1. The number of carbonyl (C=O) groups excluding carboxylic acids is 5. The molecule has 3 rings (SSSR count). The predicted octanol–water partition coefficient (Wildman–Crippen LogP) is 1.55. The van der Waals surface area contributed by atoms with E-state index in [2.05, 4.69) is 21.3 Å².